The highest BCUT2D eigenvalue weighted by Gasteiger charge is 2.31. The van der Waals surface area contributed by atoms with Crippen LogP contribution in [0.4, 0.5) is 0 Å². The molecule has 1 N–H and O–H groups in total. The Balaban J connectivity index is 1.44. The first-order valence-corrected chi connectivity index (χ1v) is 11.9. The molecule has 2 fully saturated rings. The van der Waals surface area contributed by atoms with Crippen molar-refractivity contribution in [1.82, 2.24) is 14.5 Å². The Kier molecular flexibility index (Phi) is 6.95. The normalized spacial score (nSPS) is 18.1. The van der Waals surface area contributed by atoms with Crippen molar-refractivity contribution in [3.05, 3.63) is 29.8 Å². The van der Waals surface area contributed by atoms with E-state index in [2.05, 4.69) is 19.2 Å². The largest absolute Gasteiger partial charge is 0.356 e. The van der Waals surface area contributed by atoms with Crippen LogP contribution >= 0.6 is 0 Å². The summed E-state index contributed by atoms with van der Waals surface area (Å²) < 4.78 is 27.2. The van der Waals surface area contributed by atoms with Crippen LogP contribution in [-0.4, -0.2) is 62.2 Å². The molecule has 29 heavy (non-hydrogen) atoms. The van der Waals surface area contributed by atoms with Crippen LogP contribution in [0.3, 0.4) is 0 Å². The monoisotopic (exact) mass is 421 g/mol. The number of piperazine rings is 1. The number of carbonyl (C=O) groups excluding carboxylic acids is 2. The summed E-state index contributed by atoms with van der Waals surface area (Å²) in [6.45, 7) is 6.06. The minimum absolute atomic E-state index is 0.0176. The first-order chi connectivity index (χ1) is 13.8. The molecule has 0 atom stereocenters. The van der Waals surface area contributed by atoms with Crippen LogP contribution in [-0.2, 0) is 19.6 Å². The molecule has 2 aliphatic rings. The number of nitrogens with zero attached hydrogens (tertiary/aromatic N) is 2. The number of benzene rings is 1. The van der Waals surface area contributed by atoms with E-state index < -0.39 is 10.0 Å². The summed E-state index contributed by atoms with van der Waals surface area (Å²) >= 11 is 0. The molecule has 0 bridgehead atoms. The molecular formula is C21H31N3O4S. The van der Waals surface area contributed by atoms with Gasteiger partial charge in [-0.1, -0.05) is 26.0 Å². The number of hydrogen-bond donors (Lipinski definition) is 1. The number of hydrogen-bond acceptors (Lipinski definition) is 4. The Morgan fingerprint density at radius 1 is 1.07 bits per heavy atom. The number of sulfonamides is 1. The lowest BCUT2D eigenvalue weighted by atomic mass is 10.0. The third-order valence-corrected chi connectivity index (χ3v) is 7.50. The van der Waals surface area contributed by atoms with Crippen molar-refractivity contribution in [3.8, 4) is 0 Å². The van der Waals surface area contributed by atoms with E-state index in [0.717, 1.165) is 18.4 Å². The van der Waals surface area contributed by atoms with Crippen LogP contribution in [0, 0.1) is 5.92 Å². The van der Waals surface area contributed by atoms with Crippen LogP contribution in [0.15, 0.2) is 29.2 Å². The second kappa shape index (κ2) is 9.26. The highest BCUT2D eigenvalue weighted by molar-refractivity contribution is 7.89. The standard InChI is InChI=1S/C21H31N3O4S/c1-16(2)17-7-9-19(10-8-17)29(27,28)24-14-12-23(13-15-24)20(25)4-3-11-22-21(26)18-5-6-18/h7-10,16,18H,3-6,11-15H2,1-2H3,(H,22,26). The number of amides is 2. The minimum Gasteiger partial charge on any atom is -0.356 e. The Labute approximate surface area is 173 Å². The summed E-state index contributed by atoms with van der Waals surface area (Å²) in [6.07, 6.45) is 2.92. The van der Waals surface area contributed by atoms with Crippen LogP contribution in [0.2, 0.25) is 0 Å². The third-order valence-electron chi connectivity index (χ3n) is 5.59. The zero-order valence-electron chi connectivity index (χ0n) is 17.3. The van der Waals surface area contributed by atoms with Gasteiger partial charge in [-0.15, -0.1) is 0 Å². The van der Waals surface area contributed by atoms with Gasteiger partial charge in [0.25, 0.3) is 0 Å². The first kappa shape index (κ1) is 21.8. The molecule has 0 aromatic heterocycles. The quantitative estimate of drug-likeness (QED) is 0.650. The van der Waals surface area contributed by atoms with Gasteiger partial charge in [0, 0.05) is 45.1 Å². The van der Waals surface area contributed by atoms with Gasteiger partial charge >= 0.3 is 0 Å². The molecule has 2 amide bonds. The van der Waals surface area contributed by atoms with E-state index in [1.54, 1.807) is 17.0 Å². The summed E-state index contributed by atoms with van der Waals surface area (Å²) in [5, 5.41) is 2.86. The predicted octanol–water partition coefficient (Wildman–Crippen LogP) is 1.95. The summed E-state index contributed by atoms with van der Waals surface area (Å²) in [6, 6.07) is 7.05. The second-order valence-electron chi connectivity index (χ2n) is 8.18. The second-order valence-corrected chi connectivity index (χ2v) is 10.1. The maximum absolute atomic E-state index is 12.9. The number of rotatable bonds is 8. The van der Waals surface area contributed by atoms with Crippen molar-refractivity contribution in [2.45, 2.75) is 50.3 Å². The SMILES string of the molecule is CC(C)c1ccc(S(=O)(=O)N2CCN(C(=O)CCCNC(=O)C3CC3)CC2)cc1. The Bertz CT molecular complexity index is 824. The molecule has 1 saturated heterocycles. The lowest BCUT2D eigenvalue weighted by Gasteiger charge is -2.34. The van der Waals surface area contributed by atoms with E-state index >= 15 is 0 Å². The first-order valence-electron chi connectivity index (χ1n) is 10.4. The molecule has 160 valence electrons. The van der Waals surface area contributed by atoms with E-state index in [0.29, 0.717) is 56.4 Å². The lowest BCUT2D eigenvalue weighted by molar-refractivity contribution is -0.132. The zero-order chi connectivity index (χ0) is 21.0. The number of carbonyl (C=O) groups is 2. The van der Waals surface area contributed by atoms with E-state index in [1.807, 2.05) is 12.1 Å². The Hall–Kier alpha value is -1.93. The summed E-state index contributed by atoms with van der Waals surface area (Å²) in [7, 11) is -3.54. The maximum Gasteiger partial charge on any atom is 0.243 e. The van der Waals surface area contributed by atoms with Crippen molar-refractivity contribution in [3.63, 3.8) is 0 Å². The molecule has 1 saturated carbocycles. The average molecular weight is 422 g/mol. The van der Waals surface area contributed by atoms with Crippen molar-refractivity contribution in [2.24, 2.45) is 5.92 Å². The van der Waals surface area contributed by atoms with E-state index in [4.69, 9.17) is 0 Å². The summed E-state index contributed by atoms with van der Waals surface area (Å²) in [5.74, 6) is 0.646. The van der Waals surface area contributed by atoms with Gasteiger partial charge in [-0.05, 0) is 42.9 Å². The number of nitrogens with one attached hydrogen (secondary N) is 1. The van der Waals surface area contributed by atoms with Gasteiger partial charge in [0.1, 0.15) is 0 Å². The van der Waals surface area contributed by atoms with Crippen molar-refractivity contribution in [2.75, 3.05) is 32.7 Å². The van der Waals surface area contributed by atoms with E-state index in [9.17, 15) is 18.0 Å². The minimum atomic E-state index is -3.54. The molecular weight excluding hydrogens is 390 g/mol. The van der Waals surface area contributed by atoms with Crippen molar-refractivity contribution < 1.29 is 18.0 Å². The van der Waals surface area contributed by atoms with Gasteiger partial charge in [0.2, 0.25) is 21.8 Å². The van der Waals surface area contributed by atoms with Crippen LogP contribution in [0.1, 0.15) is 51.0 Å². The van der Waals surface area contributed by atoms with Crippen molar-refractivity contribution in [1.29, 1.82) is 0 Å². The van der Waals surface area contributed by atoms with Gasteiger partial charge < -0.3 is 10.2 Å². The molecule has 1 heterocycles. The summed E-state index contributed by atoms with van der Waals surface area (Å²) in [5.41, 5.74) is 1.10. The fourth-order valence-electron chi connectivity index (χ4n) is 3.45. The van der Waals surface area contributed by atoms with Gasteiger partial charge in [-0.25, -0.2) is 8.42 Å². The van der Waals surface area contributed by atoms with Crippen molar-refractivity contribution >= 4 is 21.8 Å². The Morgan fingerprint density at radius 3 is 2.24 bits per heavy atom. The smallest absolute Gasteiger partial charge is 0.243 e. The molecule has 3 rings (SSSR count). The fourth-order valence-corrected chi connectivity index (χ4v) is 4.87. The maximum atomic E-state index is 12.9. The third kappa shape index (κ3) is 5.57. The lowest BCUT2D eigenvalue weighted by Crippen LogP contribution is -2.50. The average Bonchev–Trinajstić information content (AvgIpc) is 3.56. The summed E-state index contributed by atoms with van der Waals surface area (Å²) in [4.78, 5) is 26.0. The molecule has 0 radical (unpaired) electrons. The molecule has 8 heteroatoms. The molecule has 1 aromatic carbocycles. The molecule has 1 aromatic rings. The predicted molar refractivity (Wildman–Crippen MR) is 111 cm³/mol. The highest BCUT2D eigenvalue weighted by Crippen LogP contribution is 2.28. The van der Waals surface area contributed by atoms with Crippen LogP contribution in [0.25, 0.3) is 0 Å². The molecule has 7 nitrogen and oxygen atoms in total. The van der Waals surface area contributed by atoms with E-state index in [1.165, 1.54) is 4.31 Å². The van der Waals surface area contributed by atoms with Gasteiger partial charge in [0.15, 0.2) is 0 Å². The molecule has 1 aliphatic heterocycles. The molecule has 0 spiro atoms. The topological polar surface area (TPSA) is 86.8 Å². The Morgan fingerprint density at radius 2 is 1.69 bits per heavy atom. The highest BCUT2D eigenvalue weighted by atomic mass is 32.2. The fraction of sp³-hybridized carbons (Fsp3) is 0.619. The van der Waals surface area contributed by atoms with Crippen LogP contribution in [0.5, 0.6) is 0 Å². The van der Waals surface area contributed by atoms with Gasteiger partial charge in [-0.3, -0.25) is 9.59 Å². The van der Waals surface area contributed by atoms with Gasteiger partial charge in [-0.2, -0.15) is 4.31 Å². The molecule has 1 aliphatic carbocycles. The molecule has 0 unspecified atom stereocenters. The zero-order valence-corrected chi connectivity index (χ0v) is 18.1. The van der Waals surface area contributed by atoms with E-state index in [-0.39, 0.29) is 17.7 Å². The van der Waals surface area contributed by atoms with Crippen LogP contribution < -0.4 is 5.32 Å². The van der Waals surface area contributed by atoms with Gasteiger partial charge in [0.05, 0.1) is 4.90 Å².